The third-order valence-electron chi connectivity index (χ3n) is 4.83. The second-order valence-corrected chi connectivity index (χ2v) is 7.24. The zero-order valence-electron chi connectivity index (χ0n) is 12.6. The summed E-state index contributed by atoms with van der Waals surface area (Å²) in [5.74, 6) is 0.526. The van der Waals surface area contributed by atoms with E-state index in [4.69, 9.17) is 0 Å². The van der Waals surface area contributed by atoms with Gasteiger partial charge in [-0.1, -0.05) is 0 Å². The average Bonchev–Trinajstić information content (AvgIpc) is 3.18. The zero-order valence-corrected chi connectivity index (χ0v) is 12.6. The van der Waals surface area contributed by atoms with Gasteiger partial charge >= 0.3 is 0 Å². The molecule has 0 spiro atoms. The molecule has 20 heavy (non-hydrogen) atoms. The molecular formula is C16H24FN3. The molecule has 1 N–H and O–H groups in total. The van der Waals surface area contributed by atoms with E-state index in [2.05, 4.69) is 36.0 Å². The van der Waals surface area contributed by atoms with Crippen LogP contribution in [-0.4, -0.2) is 34.1 Å². The first kappa shape index (κ1) is 14.0. The normalized spacial score (nSPS) is 30.4. The number of nitrogens with one attached hydrogen (secondary N) is 1. The molecule has 110 valence electrons. The molecule has 2 fully saturated rings. The zero-order chi connectivity index (χ0) is 14.4. The summed E-state index contributed by atoms with van der Waals surface area (Å²) < 4.78 is 13.3. The Bertz CT molecular complexity index is 498. The summed E-state index contributed by atoms with van der Waals surface area (Å²) in [6, 6.07) is 1.61. The van der Waals surface area contributed by atoms with E-state index in [0.717, 1.165) is 31.1 Å². The smallest absolute Gasteiger partial charge is 0.141 e. The molecule has 1 unspecified atom stereocenters. The van der Waals surface area contributed by atoms with Crippen LogP contribution in [0.15, 0.2) is 18.5 Å². The highest BCUT2D eigenvalue weighted by Crippen LogP contribution is 2.45. The largest absolute Gasteiger partial charge is 0.309 e. The fraction of sp³-hybridized carbons (Fsp3) is 0.688. The lowest BCUT2D eigenvalue weighted by molar-refractivity contribution is 0.00508. The molecule has 1 aromatic rings. The summed E-state index contributed by atoms with van der Waals surface area (Å²) in [7, 11) is 0. The van der Waals surface area contributed by atoms with Gasteiger partial charge in [-0.3, -0.25) is 9.88 Å². The molecule has 3 nitrogen and oxygen atoms in total. The van der Waals surface area contributed by atoms with Gasteiger partial charge in [-0.25, -0.2) is 4.39 Å². The summed E-state index contributed by atoms with van der Waals surface area (Å²) in [6.07, 6.45) is 5.68. The third kappa shape index (κ3) is 2.72. The second kappa shape index (κ2) is 4.78. The number of aromatic nitrogens is 1. The molecule has 3 rings (SSSR count). The van der Waals surface area contributed by atoms with Crippen molar-refractivity contribution in [1.29, 1.82) is 0 Å². The van der Waals surface area contributed by atoms with Crippen molar-refractivity contribution in [3.63, 3.8) is 0 Å². The first-order chi connectivity index (χ1) is 9.39. The molecule has 1 aliphatic carbocycles. The Morgan fingerprint density at radius 3 is 2.75 bits per heavy atom. The molecule has 1 aromatic heterocycles. The quantitative estimate of drug-likeness (QED) is 0.920. The lowest BCUT2D eigenvalue weighted by Crippen LogP contribution is -2.67. The van der Waals surface area contributed by atoms with Crippen LogP contribution in [0.5, 0.6) is 0 Å². The number of nitrogens with zero attached hydrogens (tertiary/aromatic N) is 2. The van der Waals surface area contributed by atoms with Crippen LogP contribution in [0.2, 0.25) is 0 Å². The number of halogens is 1. The molecule has 4 heteroatoms. The van der Waals surface area contributed by atoms with Crippen LogP contribution in [0.3, 0.4) is 0 Å². The van der Waals surface area contributed by atoms with Gasteiger partial charge in [-0.15, -0.1) is 0 Å². The maximum Gasteiger partial charge on any atom is 0.141 e. The van der Waals surface area contributed by atoms with Crippen molar-refractivity contribution >= 4 is 0 Å². The van der Waals surface area contributed by atoms with E-state index in [9.17, 15) is 4.39 Å². The van der Waals surface area contributed by atoms with E-state index in [1.54, 1.807) is 12.3 Å². The van der Waals surface area contributed by atoms with Gasteiger partial charge in [0.25, 0.3) is 0 Å². The maximum atomic E-state index is 13.3. The van der Waals surface area contributed by atoms with Crippen molar-refractivity contribution in [2.24, 2.45) is 5.92 Å². The minimum Gasteiger partial charge on any atom is -0.309 e. The highest BCUT2D eigenvalue weighted by atomic mass is 19.1. The van der Waals surface area contributed by atoms with Crippen molar-refractivity contribution in [2.75, 3.05) is 13.1 Å². The number of pyridine rings is 1. The first-order valence-electron chi connectivity index (χ1n) is 7.49. The standard InChI is InChI=1S/C16H24FN3/c1-15(2)11-20(9-12-6-14(17)8-18-7-12)16(3,10-19-15)13-4-5-13/h6-8,13,19H,4-5,9-11H2,1-3H3. The van der Waals surface area contributed by atoms with Crippen molar-refractivity contribution in [1.82, 2.24) is 15.2 Å². The summed E-state index contributed by atoms with van der Waals surface area (Å²) in [5.41, 5.74) is 1.26. The van der Waals surface area contributed by atoms with Gasteiger partial charge in [0.1, 0.15) is 5.82 Å². The van der Waals surface area contributed by atoms with Gasteiger partial charge < -0.3 is 5.32 Å². The van der Waals surface area contributed by atoms with Crippen LogP contribution in [0.1, 0.15) is 39.2 Å². The maximum absolute atomic E-state index is 13.3. The van der Waals surface area contributed by atoms with Gasteiger partial charge in [0, 0.05) is 36.9 Å². The Balaban J connectivity index is 1.82. The van der Waals surface area contributed by atoms with Gasteiger partial charge in [0.2, 0.25) is 0 Å². The Hall–Kier alpha value is -1.00. The minimum atomic E-state index is -0.245. The molecule has 0 bridgehead atoms. The molecule has 1 saturated carbocycles. The van der Waals surface area contributed by atoms with E-state index >= 15 is 0 Å². The molecule has 0 amide bonds. The number of rotatable bonds is 3. The predicted molar refractivity (Wildman–Crippen MR) is 77.8 cm³/mol. The van der Waals surface area contributed by atoms with Gasteiger partial charge in [-0.05, 0) is 51.2 Å². The predicted octanol–water partition coefficient (Wildman–Crippen LogP) is 2.57. The van der Waals surface area contributed by atoms with Gasteiger partial charge in [0.05, 0.1) is 6.20 Å². The van der Waals surface area contributed by atoms with Crippen LogP contribution in [0.4, 0.5) is 4.39 Å². The van der Waals surface area contributed by atoms with Crippen LogP contribution >= 0.6 is 0 Å². The fourth-order valence-electron chi connectivity index (χ4n) is 3.35. The molecular weight excluding hydrogens is 253 g/mol. The van der Waals surface area contributed by atoms with Crippen LogP contribution < -0.4 is 5.32 Å². The summed E-state index contributed by atoms with van der Waals surface area (Å²) in [6.45, 7) is 9.58. The highest BCUT2D eigenvalue weighted by Gasteiger charge is 2.49. The topological polar surface area (TPSA) is 28.2 Å². The molecule has 1 aliphatic heterocycles. The van der Waals surface area contributed by atoms with E-state index < -0.39 is 0 Å². The Kier molecular flexibility index (Phi) is 3.33. The summed E-state index contributed by atoms with van der Waals surface area (Å²) in [4.78, 5) is 6.50. The van der Waals surface area contributed by atoms with E-state index in [0.29, 0.717) is 0 Å². The number of hydrogen-bond acceptors (Lipinski definition) is 3. The molecule has 0 aromatic carbocycles. The van der Waals surface area contributed by atoms with Crippen molar-refractivity contribution in [3.05, 3.63) is 29.8 Å². The fourth-order valence-corrected chi connectivity index (χ4v) is 3.35. The summed E-state index contributed by atoms with van der Waals surface area (Å²) in [5, 5.41) is 3.67. The third-order valence-corrected chi connectivity index (χ3v) is 4.83. The summed E-state index contributed by atoms with van der Waals surface area (Å²) >= 11 is 0. The van der Waals surface area contributed by atoms with E-state index in [-0.39, 0.29) is 16.9 Å². The van der Waals surface area contributed by atoms with Crippen LogP contribution in [0, 0.1) is 11.7 Å². The monoisotopic (exact) mass is 277 g/mol. The van der Waals surface area contributed by atoms with Crippen molar-refractivity contribution in [3.8, 4) is 0 Å². The van der Waals surface area contributed by atoms with Gasteiger partial charge in [-0.2, -0.15) is 0 Å². The average molecular weight is 277 g/mol. The van der Waals surface area contributed by atoms with Gasteiger partial charge in [0.15, 0.2) is 0 Å². The number of hydrogen-bond donors (Lipinski definition) is 1. The number of piperazine rings is 1. The van der Waals surface area contributed by atoms with Crippen LogP contribution in [0.25, 0.3) is 0 Å². The second-order valence-electron chi connectivity index (χ2n) is 7.24. The lowest BCUT2D eigenvalue weighted by atomic mass is 9.85. The van der Waals surface area contributed by atoms with E-state index in [1.807, 2.05) is 0 Å². The molecule has 1 atom stereocenters. The van der Waals surface area contributed by atoms with Crippen molar-refractivity contribution < 1.29 is 4.39 Å². The molecule has 0 radical (unpaired) electrons. The SMILES string of the molecule is CC1(C)CN(Cc2cncc(F)c2)C(C)(C2CC2)CN1. The Labute approximate surface area is 120 Å². The van der Waals surface area contributed by atoms with Crippen molar-refractivity contribution in [2.45, 2.75) is 51.2 Å². The Morgan fingerprint density at radius 1 is 1.35 bits per heavy atom. The van der Waals surface area contributed by atoms with E-state index in [1.165, 1.54) is 19.0 Å². The highest BCUT2D eigenvalue weighted by molar-refractivity contribution is 5.14. The molecule has 2 heterocycles. The Morgan fingerprint density at radius 2 is 2.10 bits per heavy atom. The molecule has 1 saturated heterocycles. The molecule has 2 aliphatic rings. The first-order valence-corrected chi connectivity index (χ1v) is 7.49. The lowest BCUT2D eigenvalue weighted by Gasteiger charge is -2.52. The van der Waals surface area contributed by atoms with Crippen LogP contribution in [-0.2, 0) is 6.54 Å². The minimum absolute atomic E-state index is 0.106.